The molecule has 0 radical (unpaired) electrons. The van der Waals surface area contributed by atoms with Crippen molar-refractivity contribution in [3.8, 4) is 0 Å². The van der Waals surface area contributed by atoms with Crippen LogP contribution in [0.4, 0.5) is 0 Å². The van der Waals surface area contributed by atoms with Crippen molar-refractivity contribution < 1.29 is 22.7 Å². The van der Waals surface area contributed by atoms with Crippen LogP contribution in [0.5, 0.6) is 0 Å². The van der Waals surface area contributed by atoms with Crippen molar-refractivity contribution in [3.05, 3.63) is 42.5 Å². The highest BCUT2D eigenvalue weighted by molar-refractivity contribution is 7.89. The van der Waals surface area contributed by atoms with E-state index in [-0.39, 0.29) is 29.1 Å². The van der Waals surface area contributed by atoms with E-state index in [4.69, 9.17) is 4.74 Å². The van der Waals surface area contributed by atoms with Crippen molar-refractivity contribution in [1.29, 1.82) is 0 Å². The standard InChI is InChI=1S/C25H32N2O5S/c1-2-32-24(28)13-14-26(18-19-7-8-19)25(29)21-11-15-27(16-12-21)33(30,31)23-10-9-20-5-3-4-6-22(20)17-23/h3-6,9-10,17,19,21H,2,7-8,11-16,18H2,1H3. The summed E-state index contributed by atoms with van der Waals surface area (Å²) in [6.07, 6.45) is 3.41. The Kier molecular flexibility index (Phi) is 7.34. The van der Waals surface area contributed by atoms with Crippen LogP contribution in [0.3, 0.4) is 0 Å². The summed E-state index contributed by atoms with van der Waals surface area (Å²) in [7, 11) is -3.61. The Labute approximate surface area is 195 Å². The number of ether oxygens (including phenoxy) is 1. The van der Waals surface area contributed by atoms with Crippen molar-refractivity contribution in [2.75, 3.05) is 32.8 Å². The molecule has 1 aliphatic carbocycles. The molecule has 178 valence electrons. The van der Waals surface area contributed by atoms with E-state index in [0.717, 1.165) is 23.6 Å². The molecule has 1 aliphatic heterocycles. The van der Waals surface area contributed by atoms with Crippen molar-refractivity contribution >= 4 is 32.7 Å². The molecule has 2 aromatic carbocycles. The Bertz CT molecular complexity index is 1100. The number of rotatable bonds is 9. The lowest BCUT2D eigenvalue weighted by atomic mass is 9.96. The minimum Gasteiger partial charge on any atom is -0.466 e. The number of carbonyl (C=O) groups excluding carboxylic acids is 2. The maximum absolute atomic E-state index is 13.2. The number of hydrogen-bond donors (Lipinski definition) is 0. The second kappa shape index (κ2) is 10.2. The van der Waals surface area contributed by atoms with Gasteiger partial charge in [-0.3, -0.25) is 9.59 Å². The molecule has 33 heavy (non-hydrogen) atoms. The van der Waals surface area contributed by atoms with E-state index in [9.17, 15) is 18.0 Å². The van der Waals surface area contributed by atoms with Crippen molar-refractivity contribution in [1.82, 2.24) is 9.21 Å². The highest BCUT2D eigenvalue weighted by atomic mass is 32.2. The van der Waals surface area contributed by atoms with E-state index in [2.05, 4.69) is 0 Å². The molecule has 2 fully saturated rings. The molecular formula is C25H32N2O5S. The van der Waals surface area contributed by atoms with Crippen LogP contribution in [0, 0.1) is 11.8 Å². The van der Waals surface area contributed by atoms with Crippen LogP contribution in [-0.2, 0) is 24.3 Å². The summed E-state index contributed by atoms with van der Waals surface area (Å²) < 4.78 is 32.9. The number of piperidine rings is 1. The van der Waals surface area contributed by atoms with Crippen LogP contribution in [0.2, 0.25) is 0 Å². The van der Waals surface area contributed by atoms with Gasteiger partial charge in [0.05, 0.1) is 17.9 Å². The van der Waals surface area contributed by atoms with Crippen molar-refractivity contribution in [2.24, 2.45) is 11.8 Å². The van der Waals surface area contributed by atoms with Gasteiger partial charge in [0.1, 0.15) is 0 Å². The number of sulfonamides is 1. The van der Waals surface area contributed by atoms with Gasteiger partial charge < -0.3 is 9.64 Å². The quantitative estimate of drug-likeness (QED) is 0.522. The fraction of sp³-hybridized carbons (Fsp3) is 0.520. The van der Waals surface area contributed by atoms with Crippen LogP contribution in [0.1, 0.15) is 39.0 Å². The molecule has 8 heteroatoms. The molecule has 1 saturated heterocycles. The third kappa shape index (κ3) is 5.73. The Morgan fingerprint density at radius 1 is 1.03 bits per heavy atom. The first kappa shape index (κ1) is 23.7. The van der Waals surface area contributed by atoms with Gasteiger partial charge in [-0.05, 0) is 61.4 Å². The lowest BCUT2D eigenvalue weighted by molar-refractivity contribution is -0.144. The van der Waals surface area contributed by atoms with Gasteiger partial charge in [0.2, 0.25) is 15.9 Å². The van der Waals surface area contributed by atoms with Crippen LogP contribution in [-0.4, -0.2) is 62.3 Å². The summed E-state index contributed by atoms with van der Waals surface area (Å²) in [5.74, 6) is 0.0508. The first-order chi connectivity index (χ1) is 15.9. The fourth-order valence-corrected chi connectivity index (χ4v) is 5.95. The van der Waals surface area contributed by atoms with Gasteiger partial charge in [0.15, 0.2) is 0 Å². The molecule has 0 unspecified atom stereocenters. The van der Waals surface area contributed by atoms with Crippen molar-refractivity contribution in [2.45, 2.75) is 43.9 Å². The van der Waals surface area contributed by atoms with E-state index in [1.165, 1.54) is 4.31 Å². The summed E-state index contributed by atoms with van der Waals surface area (Å²) >= 11 is 0. The van der Waals surface area contributed by atoms with E-state index >= 15 is 0 Å². The third-order valence-electron chi connectivity index (χ3n) is 6.54. The second-order valence-corrected chi connectivity index (χ2v) is 10.9. The van der Waals surface area contributed by atoms with E-state index in [1.54, 1.807) is 24.0 Å². The summed E-state index contributed by atoms with van der Waals surface area (Å²) in [6.45, 7) is 3.78. The number of benzene rings is 2. The molecular weight excluding hydrogens is 440 g/mol. The molecule has 4 rings (SSSR count). The zero-order valence-corrected chi connectivity index (χ0v) is 19.9. The molecule has 1 heterocycles. The zero-order chi connectivity index (χ0) is 23.4. The number of esters is 1. The molecule has 0 aromatic heterocycles. The van der Waals surface area contributed by atoms with E-state index in [0.29, 0.717) is 51.5 Å². The topological polar surface area (TPSA) is 84.0 Å². The monoisotopic (exact) mass is 472 g/mol. The average molecular weight is 473 g/mol. The van der Waals surface area contributed by atoms with Gasteiger partial charge in [-0.1, -0.05) is 30.3 Å². The smallest absolute Gasteiger partial charge is 0.307 e. The second-order valence-electron chi connectivity index (χ2n) is 8.97. The fourth-order valence-electron chi connectivity index (χ4n) is 4.44. The Morgan fingerprint density at radius 3 is 2.39 bits per heavy atom. The molecule has 0 atom stereocenters. The molecule has 1 amide bonds. The van der Waals surface area contributed by atoms with Crippen LogP contribution in [0.15, 0.2) is 47.4 Å². The lowest BCUT2D eigenvalue weighted by Crippen LogP contribution is -2.45. The molecule has 2 aliphatic rings. The molecule has 0 bridgehead atoms. The molecule has 2 aromatic rings. The molecule has 0 spiro atoms. The maximum atomic E-state index is 13.2. The number of carbonyl (C=O) groups is 2. The molecule has 7 nitrogen and oxygen atoms in total. The minimum atomic E-state index is -3.61. The zero-order valence-electron chi connectivity index (χ0n) is 19.1. The average Bonchev–Trinajstić information content (AvgIpc) is 3.65. The summed E-state index contributed by atoms with van der Waals surface area (Å²) in [4.78, 5) is 27.1. The predicted molar refractivity (Wildman–Crippen MR) is 126 cm³/mol. The number of nitrogens with zero attached hydrogens (tertiary/aromatic N) is 2. The van der Waals surface area contributed by atoms with E-state index < -0.39 is 10.0 Å². The SMILES string of the molecule is CCOC(=O)CCN(CC1CC1)C(=O)C1CCN(S(=O)(=O)c2ccc3ccccc3c2)CC1. The first-order valence-electron chi connectivity index (χ1n) is 11.8. The summed E-state index contributed by atoms with van der Waals surface area (Å²) in [5.41, 5.74) is 0. The van der Waals surface area contributed by atoms with Gasteiger partial charge in [0.25, 0.3) is 0 Å². The van der Waals surface area contributed by atoms with Gasteiger partial charge in [0, 0.05) is 32.1 Å². The number of fused-ring (bicyclic) bond motifs is 1. The molecule has 0 N–H and O–H groups in total. The summed E-state index contributed by atoms with van der Waals surface area (Å²) in [5, 5.41) is 1.89. The number of hydrogen-bond acceptors (Lipinski definition) is 5. The first-order valence-corrected chi connectivity index (χ1v) is 13.3. The highest BCUT2D eigenvalue weighted by Gasteiger charge is 2.35. The largest absolute Gasteiger partial charge is 0.466 e. The Hall–Kier alpha value is -2.45. The number of amides is 1. The van der Waals surface area contributed by atoms with Crippen molar-refractivity contribution in [3.63, 3.8) is 0 Å². The Balaban J connectivity index is 1.38. The van der Waals surface area contributed by atoms with Gasteiger partial charge >= 0.3 is 5.97 Å². The van der Waals surface area contributed by atoms with Crippen LogP contribution in [0.25, 0.3) is 10.8 Å². The van der Waals surface area contributed by atoms with Crippen LogP contribution >= 0.6 is 0 Å². The van der Waals surface area contributed by atoms with Gasteiger partial charge in [-0.2, -0.15) is 4.31 Å². The van der Waals surface area contributed by atoms with Gasteiger partial charge in [-0.25, -0.2) is 8.42 Å². The van der Waals surface area contributed by atoms with Crippen LogP contribution < -0.4 is 0 Å². The normalized spacial score (nSPS) is 17.7. The van der Waals surface area contributed by atoms with E-state index in [1.807, 2.05) is 30.3 Å². The van der Waals surface area contributed by atoms with Gasteiger partial charge in [-0.15, -0.1) is 0 Å². The minimum absolute atomic E-state index is 0.0361. The molecule has 1 saturated carbocycles. The lowest BCUT2D eigenvalue weighted by Gasteiger charge is -2.33. The third-order valence-corrected chi connectivity index (χ3v) is 8.43. The predicted octanol–water partition coefficient (Wildman–Crippen LogP) is 3.43. The maximum Gasteiger partial charge on any atom is 0.307 e. The Morgan fingerprint density at radius 2 is 1.73 bits per heavy atom. The highest BCUT2D eigenvalue weighted by Crippen LogP contribution is 2.32. The summed E-state index contributed by atoms with van der Waals surface area (Å²) in [6, 6.07) is 12.9.